The maximum Gasteiger partial charge on any atom is 0.410 e. The Hall–Kier alpha value is -2.64. The van der Waals surface area contributed by atoms with E-state index in [0.29, 0.717) is 24.0 Å². The lowest BCUT2D eigenvalue weighted by Crippen LogP contribution is -2.47. The zero-order valence-corrected chi connectivity index (χ0v) is 20.7. The van der Waals surface area contributed by atoms with E-state index >= 15 is 0 Å². The topological polar surface area (TPSA) is 69.0 Å². The van der Waals surface area contributed by atoms with Crippen molar-refractivity contribution in [1.29, 1.82) is 0 Å². The fourth-order valence-corrected chi connectivity index (χ4v) is 5.18. The Morgan fingerprint density at radius 1 is 1.24 bits per heavy atom. The number of rotatable bonds is 3. The number of aromatic nitrogens is 3. The predicted octanol–water partition coefficient (Wildman–Crippen LogP) is 5.40. The molecule has 1 amide bonds. The van der Waals surface area contributed by atoms with Crippen molar-refractivity contribution in [2.75, 3.05) is 19.7 Å². The molecular weight excluding hydrogens is 452 g/mol. The first-order chi connectivity index (χ1) is 16.2. The Kier molecular flexibility index (Phi) is 6.02. The lowest BCUT2D eigenvalue weighted by atomic mass is 9.84. The van der Waals surface area contributed by atoms with E-state index in [4.69, 9.17) is 26.1 Å². The Labute approximate surface area is 205 Å². The maximum atomic E-state index is 12.4. The minimum Gasteiger partial charge on any atom is -0.444 e. The minimum atomic E-state index is -0.474. The van der Waals surface area contributed by atoms with Crippen LogP contribution in [0.3, 0.4) is 0 Å². The van der Waals surface area contributed by atoms with Crippen LogP contribution in [-0.4, -0.2) is 56.3 Å². The van der Waals surface area contributed by atoms with E-state index < -0.39 is 5.60 Å². The molecule has 34 heavy (non-hydrogen) atoms. The van der Waals surface area contributed by atoms with Gasteiger partial charge in [-0.05, 0) is 76.6 Å². The fourth-order valence-electron chi connectivity index (χ4n) is 5.02. The first kappa shape index (κ1) is 23.1. The summed E-state index contributed by atoms with van der Waals surface area (Å²) >= 11 is 6.19. The lowest BCUT2D eigenvalue weighted by Gasteiger charge is -2.39. The zero-order valence-electron chi connectivity index (χ0n) is 20.0. The molecule has 0 saturated carbocycles. The van der Waals surface area contributed by atoms with Gasteiger partial charge in [0.2, 0.25) is 0 Å². The van der Waals surface area contributed by atoms with Gasteiger partial charge in [0.25, 0.3) is 0 Å². The number of carbonyl (C=O) groups excluding carboxylic acids is 1. The second-order valence-corrected chi connectivity index (χ2v) is 10.9. The molecule has 8 heteroatoms. The van der Waals surface area contributed by atoms with Crippen molar-refractivity contribution in [3.05, 3.63) is 53.4 Å². The van der Waals surface area contributed by atoms with E-state index in [0.717, 1.165) is 55.0 Å². The smallest absolute Gasteiger partial charge is 0.410 e. The van der Waals surface area contributed by atoms with Crippen LogP contribution in [0.15, 0.2) is 42.7 Å². The van der Waals surface area contributed by atoms with Crippen LogP contribution in [0, 0.1) is 5.92 Å². The van der Waals surface area contributed by atoms with Gasteiger partial charge in [-0.25, -0.2) is 9.78 Å². The van der Waals surface area contributed by atoms with Crippen molar-refractivity contribution in [3.63, 3.8) is 0 Å². The van der Waals surface area contributed by atoms with Crippen LogP contribution >= 0.6 is 11.6 Å². The highest BCUT2D eigenvalue weighted by Gasteiger charge is 2.44. The van der Waals surface area contributed by atoms with Crippen LogP contribution < -0.4 is 0 Å². The van der Waals surface area contributed by atoms with E-state index in [1.807, 2.05) is 61.8 Å². The van der Waals surface area contributed by atoms with E-state index in [-0.39, 0.29) is 11.7 Å². The molecule has 5 rings (SSSR count). The summed E-state index contributed by atoms with van der Waals surface area (Å²) in [7, 11) is 0. The number of imidazole rings is 1. The Morgan fingerprint density at radius 2 is 2.03 bits per heavy atom. The van der Waals surface area contributed by atoms with Gasteiger partial charge in [0.15, 0.2) is 0 Å². The molecule has 0 N–H and O–H groups in total. The number of hydrogen-bond donors (Lipinski definition) is 0. The van der Waals surface area contributed by atoms with Crippen molar-refractivity contribution >= 4 is 23.3 Å². The number of hydrogen-bond acceptors (Lipinski definition) is 5. The van der Waals surface area contributed by atoms with Crippen molar-refractivity contribution in [2.24, 2.45) is 5.92 Å². The highest BCUT2D eigenvalue weighted by atomic mass is 35.5. The summed E-state index contributed by atoms with van der Waals surface area (Å²) in [6, 6.07) is 9.87. The summed E-state index contributed by atoms with van der Waals surface area (Å²) in [6.07, 6.45) is 7.02. The molecule has 3 aromatic heterocycles. The highest BCUT2D eigenvalue weighted by Crippen LogP contribution is 2.40. The highest BCUT2D eigenvalue weighted by molar-refractivity contribution is 6.30. The van der Waals surface area contributed by atoms with E-state index in [1.54, 1.807) is 4.90 Å². The number of halogens is 1. The van der Waals surface area contributed by atoms with Gasteiger partial charge >= 0.3 is 6.09 Å². The molecule has 1 spiro atoms. The van der Waals surface area contributed by atoms with Crippen LogP contribution in [0.25, 0.3) is 17.0 Å². The number of ether oxygens (including phenoxy) is 2. The quantitative estimate of drug-likeness (QED) is 0.500. The minimum absolute atomic E-state index is 0.140. The van der Waals surface area contributed by atoms with Gasteiger partial charge < -0.3 is 14.4 Å². The molecule has 3 aromatic rings. The lowest BCUT2D eigenvalue weighted by molar-refractivity contribution is -0.0487. The normalized spacial score (nSPS) is 20.2. The Morgan fingerprint density at radius 3 is 2.79 bits per heavy atom. The number of fused-ring (bicyclic) bond motifs is 1. The van der Waals surface area contributed by atoms with E-state index in [1.165, 1.54) is 0 Å². The van der Waals surface area contributed by atoms with E-state index in [9.17, 15) is 4.79 Å². The average molecular weight is 483 g/mol. The number of amides is 1. The van der Waals surface area contributed by atoms with Crippen molar-refractivity contribution < 1.29 is 14.3 Å². The van der Waals surface area contributed by atoms with Crippen molar-refractivity contribution in [2.45, 2.75) is 57.7 Å². The maximum absolute atomic E-state index is 12.4. The first-order valence-corrected chi connectivity index (χ1v) is 12.3. The summed E-state index contributed by atoms with van der Waals surface area (Å²) in [6.45, 7) is 7.76. The van der Waals surface area contributed by atoms with Crippen LogP contribution in [0.5, 0.6) is 0 Å². The summed E-state index contributed by atoms with van der Waals surface area (Å²) < 4.78 is 13.8. The largest absolute Gasteiger partial charge is 0.444 e. The molecule has 0 bridgehead atoms. The molecule has 5 heterocycles. The number of nitrogens with zero attached hydrogens (tertiary/aromatic N) is 4. The van der Waals surface area contributed by atoms with Gasteiger partial charge in [0.05, 0.1) is 34.8 Å². The third-order valence-corrected chi connectivity index (χ3v) is 6.87. The molecule has 0 aliphatic carbocycles. The zero-order chi connectivity index (χ0) is 23.9. The van der Waals surface area contributed by atoms with Crippen LogP contribution in [0.1, 0.15) is 45.7 Å². The van der Waals surface area contributed by atoms with Crippen LogP contribution in [-0.2, 0) is 15.9 Å². The molecule has 0 aromatic carbocycles. The molecule has 2 saturated heterocycles. The molecule has 2 fully saturated rings. The molecule has 1 atom stereocenters. The van der Waals surface area contributed by atoms with Crippen molar-refractivity contribution in [3.8, 4) is 11.4 Å². The second kappa shape index (κ2) is 8.86. The number of carbonyl (C=O) groups is 1. The fraction of sp³-hybridized carbons (Fsp3) is 0.500. The monoisotopic (exact) mass is 482 g/mol. The summed E-state index contributed by atoms with van der Waals surface area (Å²) in [5, 5.41) is 0.661. The molecule has 7 nitrogen and oxygen atoms in total. The van der Waals surface area contributed by atoms with Gasteiger partial charge in [0, 0.05) is 25.0 Å². The van der Waals surface area contributed by atoms with E-state index in [2.05, 4.69) is 11.1 Å². The second-order valence-electron chi connectivity index (χ2n) is 10.5. The molecule has 180 valence electrons. The molecule has 2 aliphatic heterocycles. The van der Waals surface area contributed by atoms with Crippen molar-refractivity contribution in [1.82, 2.24) is 19.3 Å². The number of likely N-dealkylation sites (tertiary alicyclic amines) is 1. The summed E-state index contributed by atoms with van der Waals surface area (Å²) in [5.41, 5.74) is 3.08. The number of pyridine rings is 2. The summed E-state index contributed by atoms with van der Waals surface area (Å²) in [4.78, 5) is 23.6. The third kappa shape index (κ3) is 4.91. The van der Waals surface area contributed by atoms with Gasteiger partial charge in [-0.1, -0.05) is 17.7 Å². The average Bonchev–Trinajstić information content (AvgIpc) is 3.37. The van der Waals surface area contributed by atoms with Crippen LogP contribution in [0.2, 0.25) is 5.02 Å². The number of piperidine rings is 1. The standard InChI is InChI=1S/C26H31ClN4O3/c1-25(2,3)34-24(32)30-11-9-26(10-12-30)14-18(17-33-26)13-20-5-4-6-21(29-20)22-15-28-23-8-7-19(27)16-31(22)23/h4-8,15-16,18H,9-14,17H2,1-3H3. The molecule has 2 aliphatic rings. The SMILES string of the molecule is CC(C)(C)OC(=O)N1CCC2(CC1)CC(Cc1cccc(-c3cnc4ccc(Cl)cn34)n1)CO2. The van der Waals surface area contributed by atoms with Crippen LogP contribution in [0.4, 0.5) is 4.79 Å². The molecule has 0 radical (unpaired) electrons. The van der Waals surface area contributed by atoms with Gasteiger partial charge in [-0.2, -0.15) is 0 Å². The predicted molar refractivity (Wildman–Crippen MR) is 131 cm³/mol. The Bertz CT molecular complexity index is 1190. The molecule has 1 unspecified atom stereocenters. The first-order valence-electron chi connectivity index (χ1n) is 11.9. The Balaban J connectivity index is 1.22. The van der Waals surface area contributed by atoms with Gasteiger partial charge in [-0.3, -0.25) is 9.38 Å². The third-order valence-electron chi connectivity index (χ3n) is 6.65. The van der Waals surface area contributed by atoms with Gasteiger partial charge in [0.1, 0.15) is 11.2 Å². The molecular formula is C26H31ClN4O3. The van der Waals surface area contributed by atoms with Gasteiger partial charge in [-0.15, -0.1) is 0 Å². The summed E-state index contributed by atoms with van der Waals surface area (Å²) in [5.74, 6) is 0.410.